The number of pyridine rings is 1. The van der Waals surface area contributed by atoms with Crippen LogP contribution in [-0.2, 0) is 11.2 Å². The summed E-state index contributed by atoms with van der Waals surface area (Å²) in [5, 5.41) is 10.5. The van der Waals surface area contributed by atoms with Gasteiger partial charge >= 0.3 is 6.09 Å². The van der Waals surface area contributed by atoms with Gasteiger partial charge in [-0.15, -0.1) is 0 Å². The molecule has 1 N–H and O–H groups in total. The molecule has 0 spiro atoms. The third-order valence-electron chi connectivity index (χ3n) is 5.69. The Balaban J connectivity index is 1.42. The summed E-state index contributed by atoms with van der Waals surface area (Å²) in [7, 11) is 1.44. The van der Waals surface area contributed by atoms with Crippen molar-refractivity contribution in [1.29, 1.82) is 0 Å². The van der Waals surface area contributed by atoms with E-state index in [1.54, 1.807) is 18.2 Å². The van der Waals surface area contributed by atoms with Crippen LogP contribution in [0.5, 0.6) is 23.0 Å². The van der Waals surface area contributed by atoms with Gasteiger partial charge < -0.3 is 19.3 Å². The molecule has 1 amide bonds. The number of hydrogen-bond donors (Lipinski definition) is 1. The number of aromatic nitrogens is 1. The first-order valence-electron chi connectivity index (χ1n) is 10.7. The molecule has 4 aromatic rings. The number of hydrogen-bond acceptors (Lipinski definition) is 6. The highest BCUT2D eigenvalue weighted by Gasteiger charge is 2.34. The molecule has 1 aliphatic heterocycles. The van der Waals surface area contributed by atoms with E-state index in [0.29, 0.717) is 28.8 Å². The molecule has 1 fully saturated rings. The van der Waals surface area contributed by atoms with Crippen LogP contribution in [0, 0.1) is 5.82 Å². The molecule has 1 atom stereocenters. The van der Waals surface area contributed by atoms with Crippen LogP contribution in [-0.4, -0.2) is 35.9 Å². The third-order valence-corrected chi connectivity index (χ3v) is 5.69. The highest BCUT2D eigenvalue weighted by atomic mass is 19.1. The number of cyclic esters (lactones) is 1. The zero-order valence-electron chi connectivity index (χ0n) is 18.3. The lowest BCUT2D eigenvalue weighted by molar-refractivity contribution is 0.178. The highest BCUT2D eigenvalue weighted by molar-refractivity contribution is 5.91. The zero-order valence-corrected chi connectivity index (χ0v) is 18.3. The fraction of sp³-hybridized carbons (Fsp3) is 0.154. The van der Waals surface area contributed by atoms with Gasteiger partial charge in [0.15, 0.2) is 23.1 Å². The normalized spacial score (nSPS) is 15.4. The van der Waals surface area contributed by atoms with Gasteiger partial charge in [-0.1, -0.05) is 30.3 Å². The first-order valence-corrected chi connectivity index (χ1v) is 10.7. The summed E-state index contributed by atoms with van der Waals surface area (Å²) in [5.74, 6) is -0.116. The number of halogens is 1. The predicted octanol–water partition coefficient (Wildman–Crippen LogP) is 5.45. The van der Waals surface area contributed by atoms with Crippen LogP contribution >= 0.6 is 0 Å². The number of phenols is 1. The van der Waals surface area contributed by atoms with Crippen molar-refractivity contribution in [3.05, 3.63) is 84.3 Å². The molecule has 5 rings (SSSR count). The standard InChI is InChI=1S/C26H21FN2O5/c1-32-25-13-19-21(14-22(25)30)28-10-9-23(19)34-24-8-7-17(12-20(24)27)29-18(15-33-26(29)31)11-16-5-3-2-4-6-16/h2-10,12-14,18,30H,11,15H2,1H3/t18-/m1/s1. The van der Waals surface area contributed by atoms with Gasteiger partial charge in [0.1, 0.15) is 12.4 Å². The molecule has 8 heteroatoms. The van der Waals surface area contributed by atoms with E-state index < -0.39 is 11.9 Å². The Hall–Kier alpha value is -4.33. The van der Waals surface area contributed by atoms with Crippen molar-refractivity contribution in [3.63, 3.8) is 0 Å². The number of carbonyl (C=O) groups excluding carboxylic acids is 1. The topological polar surface area (TPSA) is 81.1 Å². The minimum Gasteiger partial charge on any atom is -0.504 e. The number of phenolic OH excluding ortho intramolecular Hbond substituents is 1. The summed E-state index contributed by atoms with van der Waals surface area (Å²) in [6.45, 7) is 0.227. The van der Waals surface area contributed by atoms with Gasteiger partial charge in [-0.3, -0.25) is 9.88 Å². The van der Waals surface area contributed by atoms with Crippen molar-refractivity contribution in [2.45, 2.75) is 12.5 Å². The molecule has 1 saturated heterocycles. The summed E-state index contributed by atoms with van der Waals surface area (Å²) in [5.41, 5.74) is 1.91. The number of nitrogens with zero attached hydrogens (tertiary/aromatic N) is 2. The lowest BCUT2D eigenvalue weighted by atomic mass is 10.1. The average molecular weight is 460 g/mol. The zero-order chi connectivity index (χ0) is 23.7. The van der Waals surface area contributed by atoms with Gasteiger partial charge in [0, 0.05) is 23.7 Å². The minimum atomic E-state index is -0.633. The average Bonchev–Trinajstić information content (AvgIpc) is 3.20. The van der Waals surface area contributed by atoms with Gasteiger partial charge in [-0.2, -0.15) is 0 Å². The number of fused-ring (bicyclic) bond motifs is 1. The van der Waals surface area contributed by atoms with Gasteiger partial charge in [0.05, 0.1) is 24.4 Å². The fourth-order valence-corrected chi connectivity index (χ4v) is 4.04. The summed E-state index contributed by atoms with van der Waals surface area (Å²) < 4.78 is 31.3. The van der Waals surface area contributed by atoms with Crippen LogP contribution in [0.3, 0.4) is 0 Å². The van der Waals surface area contributed by atoms with Gasteiger partial charge in [0.25, 0.3) is 0 Å². The molecule has 3 aromatic carbocycles. The van der Waals surface area contributed by atoms with E-state index in [2.05, 4.69) is 4.98 Å². The van der Waals surface area contributed by atoms with Gasteiger partial charge in [-0.25, -0.2) is 9.18 Å². The maximum absolute atomic E-state index is 15.1. The maximum Gasteiger partial charge on any atom is 0.414 e. The summed E-state index contributed by atoms with van der Waals surface area (Å²) in [6, 6.07) is 18.5. The molecule has 1 aromatic heterocycles. The molecule has 0 unspecified atom stereocenters. The molecule has 34 heavy (non-hydrogen) atoms. The van der Waals surface area contributed by atoms with Crippen molar-refractivity contribution in [3.8, 4) is 23.0 Å². The van der Waals surface area contributed by atoms with Crippen molar-refractivity contribution in [2.24, 2.45) is 0 Å². The SMILES string of the molecule is COc1cc2c(Oc3ccc(N4C(=O)OC[C@H]4Cc4ccccc4)cc3F)ccnc2cc1O. The van der Waals surface area contributed by atoms with E-state index in [0.717, 1.165) is 5.56 Å². The Morgan fingerprint density at radius 1 is 1.09 bits per heavy atom. The second-order valence-corrected chi connectivity index (χ2v) is 7.86. The highest BCUT2D eigenvalue weighted by Crippen LogP contribution is 2.37. The quantitative estimate of drug-likeness (QED) is 0.412. The van der Waals surface area contributed by atoms with Gasteiger partial charge in [0.2, 0.25) is 0 Å². The molecule has 0 aliphatic carbocycles. The van der Waals surface area contributed by atoms with Crippen molar-refractivity contribution in [2.75, 3.05) is 18.6 Å². The molecular weight excluding hydrogens is 439 g/mol. The second kappa shape index (κ2) is 8.90. The Morgan fingerprint density at radius 3 is 2.68 bits per heavy atom. The van der Waals surface area contributed by atoms with E-state index >= 15 is 4.39 Å². The van der Waals surface area contributed by atoms with E-state index in [4.69, 9.17) is 14.2 Å². The van der Waals surface area contributed by atoms with Crippen LogP contribution in [0.4, 0.5) is 14.9 Å². The Kier molecular flexibility index (Phi) is 5.63. The lowest BCUT2D eigenvalue weighted by Crippen LogP contribution is -2.35. The summed E-state index contributed by atoms with van der Waals surface area (Å²) in [6.07, 6.45) is 1.58. The molecule has 1 aliphatic rings. The van der Waals surface area contributed by atoms with Crippen LogP contribution in [0.15, 0.2) is 72.9 Å². The van der Waals surface area contributed by atoms with E-state index in [9.17, 15) is 9.90 Å². The number of anilines is 1. The van der Waals surface area contributed by atoms with Crippen molar-refractivity contribution >= 4 is 22.7 Å². The van der Waals surface area contributed by atoms with E-state index in [1.807, 2.05) is 30.3 Å². The lowest BCUT2D eigenvalue weighted by Gasteiger charge is -2.22. The number of rotatable bonds is 6. The monoisotopic (exact) mass is 460 g/mol. The Morgan fingerprint density at radius 2 is 1.91 bits per heavy atom. The summed E-state index contributed by atoms with van der Waals surface area (Å²) >= 11 is 0. The third kappa shape index (κ3) is 4.05. The van der Waals surface area contributed by atoms with Gasteiger partial charge in [-0.05, 0) is 36.2 Å². The second-order valence-electron chi connectivity index (χ2n) is 7.86. The number of aromatic hydroxyl groups is 1. The van der Waals surface area contributed by atoms with Crippen LogP contribution in [0.2, 0.25) is 0 Å². The van der Waals surface area contributed by atoms with E-state index in [1.165, 1.54) is 36.4 Å². The predicted molar refractivity (Wildman–Crippen MR) is 124 cm³/mol. The molecule has 0 radical (unpaired) electrons. The number of benzene rings is 3. The number of amides is 1. The number of ether oxygens (including phenoxy) is 3. The Labute approximate surface area is 194 Å². The van der Waals surface area contributed by atoms with Crippen molar-refractivity contribution in [1.82, 2.24) is 4.98 Å². The first-order chi connectivity index (χ1) is 16.5. The van der Waals surface area contributed by atoms with Crippen molar-refractivity contribution < 1.29 is 28.5 Å². The molecule has 7 nitrogen and oxygen atoms in total. The Bertz CT molecular complexity index is 1360. The largest absolute Gasteiger partial charge is 0.504 e. The molecule has 0 saturated carbocycles. The van der Waals surface area contributed by atoms with Crippen LogP contribution < -0.4 is 14.4 Å². The molecule has 0 bridgehead atoms. The number of methoxy groups -OCH3 is 1. The number of carbonyl (C=O) groups is 1. The molecule has 2 heterocycles. The van der Waals surface area contributed by atoms with Crippen LogP contribution in [0.25, 0.3) is 10.9 Å². The minimum absolute atomic E-state index is 0.0181. The summed E-state index contributed by atoms with van der Waals surface area (Å²) in [4.78, 5) is 18.1. The van der Waals surface area contributed by atoms with Crippen LogP contribution in [0.1, 0.15) is 5.56 Å². The molecular formula is C26H21FN2O5. The molecule has 172 valence electrons. The van der Waals surface area contributed by atoms with E-state index in [-0.39, 0.29) is 29.9 Å². The smallest absolute Gasteiger partial charge is 0.414 e. The maximum atomic E-state index is 15.1. The first kappa shape index (κ1) is 21.5. The fourth-order valence-electron chi connectivity index (χ4n) is 4.04.